The van der Waals surface area contributed by atoms with Gasteiger partial charge in [0.2, 0.25) is 5.91 Å². The summed E-state index contributed by atoms with van der Waals surface area (Å²) in [6.07, 6.45) is 8.37. The predicted octanol–water partition coefficient (Wildman–Crippen LogP) is 4.10. The summed E-state index contributed by atoms with van der Waals surface area (Å²) < 4.78 is 5.64. The van der Waals surface area contributed by atoms with Crippen LogP contribution in [0, 0.1) is 5.92 Å². The molecule has 1 aromatic carbocycles. The molecule has 0 saturated carbocycles. The van der Waals surface area contributed by atoms with E-state index in [1.807, 2.05) is 12.3 Å². The maximum Gasteiger partial charge on any atom is 0.226 e. The highest BCUT2D eigenvalue weighted by Crippen LogP contribution is 2.42. The maximum absolute atomic E-state index is 13.0. The van der Waals surface area contributed by atoms with Crippen LogP contribution in [-0.2, 0) is 24.2 Å². The first-order chi connectivity index (χ1) is 15.7. The lowest BCUT2D eigenvalue weighted by Crippen LogP contribution is -2.36. The Hall–Kier alpha value is -3.00. The lowest BCUT2D eigenvalue weighted by atomic mass is 9.87. The van der Waals surface area contributed by atoms with E-state index in [2.05, 4.69) is 31.2 Å². The standard InChI is InChI=1S/C24H25N5O2S/c1-31-19-9-16-12-25-11-15(16)8-18(19)28-22-21-17-5-4-14(24(30)29-6-2-3-7-29)10-20(17)32-23(21)27-13-26-22/h8-9,11,13-14H,2-7,10,12H2,1H3,(H,26,27,28)/t14-/m0/s1. The zero-order valence-electron chi connectivity index (χ0n) is 18.1. The second kappa shape index (κ2) is 7.85. The molecule has 1 atom stereocenters. The number of methoxy groups -OCH3 is 1. The van der Waals surface area contributed by atoms with Crippen molar-refractivity contribution in [3.63, 3.8) is 0 Å². The van der Waals surface area contributed by atoms with Gasteiger partial charge in [0.05, 0.1) is 24.7 Å². The molecule has 1 aliphatic carbocycles. The molecule has 1 saturated heterocycles. The summed E-state index contributed by atoms with van der Waals surface area (Å²) in [7, 11) is 1.68. The molecule has 2 aromatic heterocycles. The first-order valence-electron chi connectivity index (χ1n) is 11.2. The minimum Gasteiger partial charge on any atom is -0.495 e. The van der Waals surface area contributed by atoms with Gasteiger partial charge in [0, 0.05) is 30.1 Å². The monoisotopic (exact) mass is 447 g/mol. The normalized spacial score (nSPS) is 19.3. The van der Waals surface area contributed by atoms with Crippen molar-refractivity contribution in [3.05, 3.63) is 40.0 Å². The molecule has 0 unspecified atom stereocenters. The number of aliphatic imine (C=N–C) groups is 1. The number of hydrogen-bond acceptors (Lipinski definition) is 7. The molecular weight excluding hydrogens is 422 g/mol. The van der Waals surface area contributed by atoms with Crippen molar-refractivity contribution in [3.8, 4) is 5.75 Å². The fourth-order valence-electron chi connectivity index (χ4n) is 5.14. The molecule has 4 heterocycles. The highest BCUT2D eigenvalue weighted by Gasteiger charge is 2.32. The number of benzene rings is 1. The topological polar surface area (TPSA) is 79.7 Å². The second-order valence-corrected chi connectivity index (χ2v) is 9.81. The summed E-state index contributed by atoms with van der Waals surface area (Å²) in [4.78, 5) is 30.8. The number of carbonyl (C=O) groups is 1. The molecule has 32 heavy (non-hydrogen) atoms. The molecule has 8 heteroatoms. The first kappa shape index (κ1) is 19.7. The van der Waals surface area contributed by atoms with Gasteiger partial charge in [0.1, 0.15) is 22.7 Å². The van der Waals surface area contributed by atoms with Crippen molar-refractivity contribution in [2.75, 3.05) is 25.5 Å². The number of aromatic nitrogens is 2. The number of ether oxygens (including phenoxy) is 1. The average molecular weight is 448 g/mol. The fourth-order valence-corrected chi connectivity index (χ4v) is 6.41. The highest BCUT2D eigenvalue weighted by molar-refractivity contribution is 7.19. The number of carbonyl (C=O) groups excluding carboxylic acids is 1. The molecule has 3 aromatic rings. The van der Waals surface area contributed by atoms with Crippen molar-refractivity contribution in [2.24, 2.45) is 10.9 Å². The number of hydrogen-bond donors (Lipinski definition) is 1. The van der Waals surface area contributed by atoms with Crippen LogP contribution in [0.4, 0.5) is 11.5 Å². The largest absolute Gasteiger partial charge is 0.495 e. The molecule has 3 aliphatic rings. The van der Waals surface area contributed by atoms with Crippen molar-refractivity contribution < 1.29 is 9.53 Å². The van der Waals surface area contributed by atoms with Crippen LogP contribution in [-0.4, -0.2) is 47.2 Å². The quantitative estimate of drug-likeness (QED) is 0.651. The van der Waals surface area contributed by atoms with E-state index in [0.29, 0.717) is 12.5 Å². The van der Waals surface area contributed by atoms with Crippen LogP contribution < -0.4 is 10.1 Å². The minimum atomic E-state index is 0.0918. The Labute approximate surface area is 190 Å². The Morgan fingerprint density at radius 3 is 2.97 bits per heavy atom. The molecule has 6 rings (SSSR count). The van der Waals surface area contributed by atoms with Gasteiger partial charge in [-0.3, -0.25) is 9.79 Å². The maximum atomic E-state index is 13.0. The fraction of sp³-hybridized carbons (Fsp3) is 0.417. The number of likely N-dealkylation sites (tertiary alicyclic amines) is 1. The van der Waals surface area contributed by atoms with E-state index in [9.17, 15) is 4.79 Å². The van der Waals surface area contributed by atoms with E-state index in [1.54, 1.807) is 24.8 Å². The number of nitrogens with one attached hydrogen (secondary N) is 1. The van der Waals surface area contributed by atoms with Crippen molar-refractivity contribution in [2.45, 2.75) is 38.6 Å². The third kappa shape index (κ3) is 3.24. The molecule has 1 N–H and O–H groups in total. The molecule has 0 radical (unpaired) electrons. The van der Waals surface area contributed by atoms with Gasteiger partial charge in [-0.15, -0.1) is 11.3 Å². The van der Waals surface area contributed by atoms with Gasteiger partial charge in [0.25, 0.3) is 0 Å². The third-order valence-electron chi connectivity index (χ3n) is 6.82. The lowest BCUT2D eigenvalue weighted by molar-refractivity contribution is -0.134. The van der Waals surface area contributed by atoms with Gasteiger partial charge >= 0.3 is 0 Å². The first-order valence-corrected chi connectivity index (χ1v) is 12.0. The van der Waals surface area contributed by atoms with Crippen molar-refractivity contribution in [1.29, 1.82) is 0 Å². The molecule has 1 amide bonds. The smallest absolute Gasteiger partial charge is 0.226 e. The van der Waals surface area contributed by atoms with Crippen LogP contribution in [0.2, 0.25) is 0 Å². The van der Waals surface area contributed by atoms with Gasteiger partial charge in [-0.25, -0.2) is 9.97 Å². The van der Waals surface area contributed by atoms with Crippen molar-refractivity contribution >= 4 is 45.2 Å². The van der Waals surface area contributed by atoms with Crippen LogP contribution in [0.15, 0.2) is 23.5 Å². The van der Waals surface area contributed by atoms with E-state index in [4.69, 9.17) is 4.74 Å². The molecule has 0 bridgehead atoms. The summed E-state index contributed by atoms with van der Waals surface area (Å²) >= 11 is 1.70. The average Bonchev–Trinajstić information content (AvgIpc) is 3.56. The Morgan fingerprint density at radius 2 is 2.12 bits per heavy atom. The van der Waals surface area contributed by atoms with Gasteiger partial charge in [0.15, 0.2) is 0 Å². The molecule has 1 fully saturated rings. The van der Waals surface area contributed by atoms with Gasteiger partial charge in [-0.05, 0) is 60.9 Å². The number of aryl methyl sites for hydroxylation is 1. The molecule has 7 nitrogen and oxygen atoms in total. The molecule has 0 spiro atoms. The zero-order chi connectivity index (χ0) is 21.7. The van der Waals surface area contributed by atoms with E-state index >= 15 is 0 Å². The number of nitrogens with zero attached hydrogens (tertiary/aromatic N) is 4. The van der Waals surface area contributed by atoms with E-state index < -0.39 is 0 Å². The van der Waals surface area contributed by atoms with Crippen LogP contribution in [0.3, 0.4) is 0 Å². The summed E-state index contributed by atoms with van der Waals surface area (Å²) in [5, 5.41) is 4.58. The predicted molar refractivity (Wildman–Crippen MR) is 126 cm³/mol. The highest BCUT2D eigenvalue weighted by atomic mass is 32.1. The summed E-state index contributed by atoms with van der Waals surface area (Å²) in [5.41, 5.74) is 4.44. The Morgan fingerprint density at radius 1 is 1.25 bits per heavy atom. The van der Waals surface area contributed by atoms with E-state index in [0.717, 1.165) is 78.2 Å². The zero-order valence-corrected chi connectivity index (χ0v) is 18.9. The Kier molecular flexibility index (Phi) is 4.82. The molecule has 164 valence electrons. The second-order valence-electron chi connectivity index (χ2n) is 8.72. The van der Waals surface area contributed by atoms with Crippen LogP contribution >= 0.6 is 11.3 Å². The Bertz CT molecular complexity index is 1240. The van der Waals surface area contributed by atoms with Crippen LogP contribution in [0.5, 0.6) is 5.75 Å². The number of amides is 1. The summed E-state index contributed by atoms with van der Waals surface area (Å²) in [5.74, 6) is 2.00. The third-order valence-corrected chi connectivity index (χ3v) is 7.98. The summed E-state index contributed by atoms with van der Waals surface area (Å²) in [6, 6.07) is 4.11. The Balaban J connectivity index is 1.33. The number of rotatable bonds is 4. The minimum absolute atomic E-state index is 0.0918. The SMILES string of the molecule is COc1cc2c(cc1Nc1ncnc3sc4c(c13)CC[C@H](C(=O)N1CCCC1)C4)C=NC2. The van der Waals surface area contributed by atoms with Crippen LogP contribution in [0.25, 0.3) is 10.2 Å². The number of fused-ring (bicyclic) bond motifs is 4. The van der Waals surface area contributed by atoms with Gasteiger partial charge in [-0.2, -0.15) is 0 Å². The van der Waals surface area contributed by atoms with Gasteiger partial charge < -0.3 is 15.0 Å². The van der Waals surface area contributed by atoms with Gasteiger partial charge in [-0.1, -0.05) is 0 Å². The van der Waals surface area contributed by atoms with Crippen LogP contribution in [0.1, 0.15) is 40.8 Å². The summed E-state index contributed by atoms with van der Waals surface area (Å²) in [6.45, 7) is 2.53. The van der Waals surface area contributed by atoms with Crippen molar-refractivity contribution in [1.82, 2.24) is 14.9 Å². The number of thiophene rings is 1. The lowest BCUT2D eigenvalue weighted by Gasteiger charge is -2.26. The number of anilines is 2. The van der Waals surface area contributed by atoms with E-state index in [-0.39, 0.29) is 5.92 Å². The molecule has 2 aliphatic heterocycles. The van der Waals surface area contributed by atoms with E-state index in [1.165, 1.54) is 16.0 Å². The molecular formula is C24H25N5O2S.